The molecule has 3 N–H and O–H groups in total. The molecule has 2 aromatic heterocycles. The van der Waals surface area contributed by atoms with E-state index in [2.05, 4.69) is 31.1 Å². The van der Waals surface area contributed by atoms with Gasteiger partial charge in [-0.2, -0.15) is 14.4 Å². The molecule has 4 aliphatic heterocycles. The Morgan fingerprint density at radius 2 is 1.77 bits per heavy atom. The number of ether oxygens (including phenoxy) is 1. The summed E-state index contributed by atoms with van der Waals surface area (Å²) < 4.78 is 71.1. The van der Waals surface area contributed by atoms with Gasteiger partial charge in [0.25, 0.3) is 0 Å². The number of piperazine rings is 1. The Kier molecular flexibility index (Phi) is 7.54. The molecule has 0 amide bonds. The Balaban J connectivity index is 1.32. The molecule has 8 rings (SSSR count). The Morgan fingerprint density at radius 3 is 2.46 bits per heavy atom. The van der Waals surface area contributed by atoms with Crippen molar-refractivity contribution in [3.63, 3.8) is 0 Å². The Labute approximate surface area is 273 Å². The molecule has 48 heavy (non-hydrogen) atoms. The van der Waals surface area contributed by atoms with E-state index in [0.717, 1.165) is 63.7 Å². The lowest BCUT2D eigenvalue weighted by atomic mass is 9.95. The molecule has 0 aliphatic carbocycles. The third-order valence-corrected chi connectivity index (χ3v) is 10.6. The first-order chi connectivity index (χ1) is 23.0. The first kappa shape index (κ1) is 31.3. The van der Waals surface area contributed by atoms with Gasteiger partial charge in [0.2, 0.25) is 5.95 Å². The number of benzene rings is 2. The summed E-state index contributed by atoms with van der Waals surface area (Å²) in [6.07, 6.45) is 11.5. The number of rotatable bonds is 7. The van der Waals surface area contributed by atoms with Crippen molar-refractivity contribution >= 4 is 35.3 Å². The van der Waals surface area contributed by atoms with Gasteiger partial charge in [0, 0.05) is 36.1 Å². The highest BCUT2D eigenvalue weighted by molar-refractivity contribution is 7.46. The normalized spacial score (nSPS) is 22.0. The van der Waals surface area contributed by atoms with Gasteiger partial charge in [-0.15, -0.1) is 6.42 Å². The second kappa shape index (κ2) is 11.6. The molecule has 6 heterocycles. The fraction of sp³-hybridized carbons (Fsp3) is 0.424. The van der Waals surface area contributed by atoms with Gasteiger partial charge in [-0.1, -0.05) is 12.0 Å². The van der Waals surface area contributed by atoms with E-state index in [-0.39, 0.29) is 62.5 Å². The van der Waals surface area contributed by atoms with Crippen LogP contribution in [0.5, 0.6) is 11.8 Å². The second-order valence-electron chi connectivity index (χ2n) is 13.1. The predicted octanol–water partition coefficient (Wildman–Crippen LogP) is 4.66. The van der Waals surface area contributed by atoms with Crippen LogP contribution >= 0.6 is 7.82 Å². The summed E-state index contributed by atoms with van der Waals surface area (Å²) in [4.78, 5) is 36.4. The fourth-order valence-corrected chi connectivity index (χ4v) is 8.51. The molecule has 4 aliphatic rings. The van der Waals surface area contributed by atoms with Crippen LogP contribution in [0.25, 0.3) is 32.9 Å². The van der Waals surface area contributed by atoms with Crippen LogP contribution in [0.4, 0.5) is 19.0 Å². The SMILES string of the molecule is C#Cc1c(F)ccc2cc(OP(=O)(O)O)cc(-c3nc(F)c4c(N5CC6CCC(C5)N6)nc(OCC56CCCN5CCC6)nc4c3F)c12. The fourth-order valence-electron chi connectivity index (χ4n) is 8.13. The highest BCUT2D eigenvalue weighted by Crippen LogP contribution is 2.44. The number of fused-ring (bicyclic) bond motifs is 5. The molecule has 15 heteroatoms. The lowest BCUT2D eigenvalue weighted by Gasteiger charge is -2.34. The van der Waals surface area contributed by atoms with E-state index in [0.29, 0.717) is 19.7 Å². The maximum absolute atomic E-state index is 17.0. The highest BCUT2D eigenvalue weighted by Gasteiger charge is 2.45. The quantitative estimate of drug-likeness (QED) is 0.143. The average molecular weight is 681 g/mol. The van der Waals surface area contributed by atoms with E-state index in [1.54, 1.807) is 0 Å². The number of phosphoric acid groups is 1. The largest absolute Gasteiger partial charge is 0.524 e. The van der Waals surface area contributed by atoms with Gasteiger partial charge in [-0.05, 0) is 75.2 Å². The summed E-state index contributed by atoms with van der Waals surface area (Å²) >= 11 is 0. The molecule has 4 saturated heterocycles. The number of pyridine rings is 1. The van der Waals surface area contributed by atoms with Gasteiger partial charge >= 0.3 is 13.8 Å². The molecular formula is C33H32F3N6O5P. The summed E-state index contributed by atoms with van der Waals surface area (Å²) in [6, 6.07) is 4.81. The van der Waals surface area contributed by atoms with Crippen molar-refractivity contribution in [2.75, 3.05) is 37.7 Å². The van der Waals surface area contributed by atoms with Crippen LogP contribution in [-0.2, 0) is 4.57 Å². The minimum atomic E-state index is -5.08. The zero-order valence-corrected chi connectivity index (χ0v) is 26.7. The molecule has 2 unspecified atom stereocenters. The number of phosphoric ester groups is 1. The molecular weight excluding hydrogens is 648 g/mol. The van der Waals surface area contributed by atoms with E-state index >= 15 is 8.78 Å². The summed E-state index contributed by atoms with van der Waals surface area (Å²) in [5.41, 5.74) is -1.67. The molecule has 0 spiro atoms. The molecule has 4 aromatic rings. The van der Waals surface area contributed by atoms with Gasteiger partial charge in [0.1, 0.15) is 40.6 Å². The number of hydrogen-bond acceptors (Lipinski definition) is 9. The summed E-state index contributed by atoms with van der Waals surface area (Å²) in [6.45, 7) is 3.28. The molecule has 2 atom stereocenters. The van der Waals surface area contributed by atoms with Crippen molar-refractivity contribution in [3.05, 3.63) is 47.4 Å². The van der Waals surface area contributed by atoms with Crippen molar-refractivity contribution < 1.29 is 36.8 Å². The number of aromatic nitrogens is 3. The Hall–Kier alpha value is -3.99. The minimum absolute atomic E-state index is 0.0215. The van der Waals surface area contributed by atoms with Gasteiger partial charge in [0.15, 0.2) is 5.82 Å². The van der Waals surface area contributed by atoms with Gasteiger partial charge in [-0.3, -0.25) is 14.7 Å². The van der Waals surface area contributed by atoms with E-state index < -0.39 is 36.6 Å². The maximum Gasteiger partial charge on any atom is 0.524 e. The smallest absolute Gasteiger partial charge is 0.461 e. The topological polar surface area (TPSA) is 133 Å². The van der Waals surface area contributed by atoms with Crippen molar-refractivity contribution in [3.8, 4) is 35.4 Å². The second-order valence-corrected chi connectivity index (χ2v) is 14.2. The zero-order chi connectivity index (χ0) is 33.4. The van der Waals surface area contributed by atoms with Gasteiger partial charge < -0.3 is 19.5 Å². The van der Waals surface area contributed by atoms with E-state index in [1.807, 2.05) is 4.90 Å². The maximum atomic E-state index is 17.0. The molecule has 11 nitrogen and oxygen atoms in total. The van der Waals surface area contributed by atoms with Crippen molar-refractivity contribution in [1.82, 2.24) is 25.2 Å². The highest BCUT2D eigenvalue weighted by atomic mass is 31.2. The predicted molar refractivity (Wildman–Crippen MR) is 171 cm³/mol. The summed E-state index contributed by atoms with van der Waals surface area (Å²) in [7, 11) is -5.08. The monoisotopic (exact) mass is 680 g/mol. The van der Waals surface area contributed by atoms with E-state index in [4.69, 9.17) is 15.7 Å². The molecule has 2 aromatic carbocycles. The van der Waals surface area contributed by atoms with E-state index in [1.165, 1.54) is 12.1 Å². The Bertz CT molecular complexity index is 2050. The van der Waals surface area contributed by atoms with Crippen LogP contribution in [-0.4, -0.2) is 80.0 Å². The minimum Gasteiger partial charge on any atom is -0.461 e. The number of hydrogen-bond donors (Lipinski definition) is 3. The van der Waals surface area contributed by atoms with Gasteiger partial charge in [-0.25, -0.2) is 18.3 Å². The van der Waals surface area contributed by atoms with Crippen LogP contribution in [0.2, 0.25) is 0 Å². The first-order valence-corrected chi connectivity index (χ1v) is 17.5. The van der Waals surface area contributed by atoms with Crippen LogP contribution in [0, 0.1) is 29.9 Å². The summed E-state index contributed by atoms with van der Waals surface area (Å²) in [5, 5.41) is 3.43. The van der Waals surface area contributed by atoms with Crippen molar-refractivity contribution in [2.24, 2.45) is 0 Å². The molecule has 0 radical (unpaired) electrons. The molecule has 4 fully saturated rings. The molecule has 250 valence electrons. The van der Waals surface area contributed by atoms with Crippen LogP contribution in [0.3, 0.4) is 0 Å². The average Bonchev–Trinajstić information content (AvgIpc) is 3.73. The third kappa shape index (κ3) is 5.34. The third-order valence-electron chi connectivity index (χ3n) is 10.2. The number of nitrogens with zero attached hydrogens (tertiary/aromatic N) is 5. The number of halogens is 3. The van der Waals surface area contributed by atoms with Crippen LogP contribution < -0.4 is 19.5 Å². The van der Waals surface area contributed by atoms with Crippen LogP contribution in [0.1, 0.15) is 44.1 Å². The lowest BCUT2D eigenvalue weighted by Crippen LogP contribution is -2.51. The zero-order valence-electron chi connectivity index (χ0n) is 25.8. The standard InChI is InChI=1S/C33H32F3N6O5P/c1-2-22-24(34)8-5-18-13-21(47-48(43,44)45)14-23(25(18)22)28-27(35)29-26(30(36)38-28)31(41-15-19-6-7-20(16-41)37-19)40-32(39-29)46-17-33-9-3-11-42(33)12-4-10-33/h1,5,8,13-14,19-20,37H,3-4,6-7,9-12,15-17H2,(H2,43,44,45). The van der Waals surface area contributed by atoms with Crippen LogP contribution in [0.15, 0.2) is 24.3 Å². The number of anilines is 1. The lowest BCUT2D eigenvalue weighted by molar-refractivity contribution is 0.108. The number of terminal acetylenes is 1. The molecule has 0 saturated carbocycles. The molecule has 2 bridgehead atoms. The van der Waals surface area contributed by atoms with Crippen molar-refractivity contribution in [2.45, 2.75) is 56.1 Å². The first-order valence-electron chi connectivity index (χ1n) is 16.0. The number of nitrogens with one attached hydrogen (secondary N) is 1. The van der Waals surface area contributed by atoms with E-state index in [9.17, 15) is 18.7 Å². The van der Waals surface area contributed by atoms with Gasteiger partial charge in [0.05, 0.1) is 11.1 Å². The summed E-state index contributed by atoms with van der Waals surface area (Å²) in [5.74, 6) is -0.937. The van der Waals surface area contributed by atoms with Crippen molar-refractivity contribution in [1.29, 1.82) is 0 Å². The Morgan fingerprint density at radius 1 is 1.04 bits per heavy atom.